The number of carbonyl (C=O) groups is 1. The fraction of sp³-hybridized carbons (Fsp3) is 0.200. The van der Waals surface area contributed by atoms with Crippen LogP contribution < -0.4 is 11.1 Å². The van der Waals surface area contributed by atoms with Gasteiger partial charge in [-0.3, -0.25) is 14.0 Å². The second-order valence-corrected chi connectivity index (χ2v) is 8.36. The molecule has 158 valence electrons. The van der Waals surface area contributed by atoms with Gasteiger partial charge in [0.05, 0.1) is 19.3 Å². The number of carbonyl (C=O) groups excluding carboxylic acids is 1. The number of aromatic nitrogens is 2. The van der Waals surface area contributed by atoms with Crippen LogP contribution in [0.3, 0.4) is 0 Å². The van der Waals surface area contributed by atoms with Crippen molar-refractivity contribution in [2.45, 2.75) is 19.0 Å². The van der Waals surface area contributed by atoms with Gasteiger partial charge in [-0.25, -0.2) is 4.57 Å². The van der Waals surface area contributed by atoms with Crippen molar-refractivity contribution in [1.82, 2.24) is 9.78 Å². The first-order valence-corrected chi connectivity index (χ1v) is 10.6. The summed E-state index contributed by atoms with van der Waals surface area (Å²) in [5.41, 5.74) is 7.70. The van der Waals surface area contributed by atoms with Crippen LogP contribution in [0.2, 0.25) is 0 Å². The lowest BCUT2D eigenvalue weighted by Gasteiger charge is -2.23. The van der Waals surface area contributed by atoms with Crippen LogP contribution in [0.4, 0.5) is 5.69 Å². The van der Waals surface area contributed by atoms with E-state index in [-0.39, 0.29) is 0 Å². The van der Waals surface area contributed by atoms with Crippen LogP contribution in [-0.4, -0.2) is 37.6 Å². The molecular formula is C20H23N4O5P. The SMILES string of the molecule is C[C@](N)(COP(=O)(O)O)C(=O)Nc1ccc(-c2cnn(Cc3ccccc3)c2)cc1. The first-order valence-electron chi connectivity index (χ1n) is 9.10. The molecule has 0 spiro atoms. The van der Waals surface area contributed by atoms with Gasteiger partial charge in [-0.2, -0.15) is 5.10 Å². The zero-order valence-corrected chi connectivity index (χ0v) is 17.2. The quantitative estimate of drug-likeness (QED) is 0.402. The number of anilines is 1. The second kappa shape index (κ2) is 8.91. The van der Waals surface area contributed by atoms with Crippen molar-refractivity contribution in [2.75, 3.05) is 11.9 Å². The van der Waals surface area contributed by atoms with Gasteiger partial charge in [0.2, 0.25) is 5.91 Å². The van der Waals surface area contributed by atoms with Crippen molar-refractivity contribution in [3.05, 3.63) is 72.6 Å². The van der Waals surface area contributed by atoms with Crippen molar-refractivity contribution < 1.29 is 23.7 Å². The highest BCUT2D eigenvalue weighted by Gasteiger charge is 2.32. The number of nitrogens with one attached hydrogen (secondary N) is 1. The number of benzene rings is 2. The van der Waals surface area contributed by atoms with Crippen LogP contribution in [0.1, 0.15) is 12.5 Å². The zero-order chi connectivity index (χ0) is 21.8. The Balaban J connectivity index is 1.62. The first-order chi connectivity index (χ1) is 14.1. The molecule has 0 saturated carbocycles. The Morgan fingerprint density at radius 3 is 2.47 bits per heavy atom. The molecule has 3 aromatic rings. The third-order valence-electron chi connectivity index (χ3n) is 4.35. The maximum Gasteiger partial charge on any atom is 0.469 e. The van der Waals surface area contributed by atoms with Gasteiger partial charge in [-0.15, -0.1) is 0 Å². The lowest BCUT2D eigenvalue weighted by atomic mass is 10.0. The third kappa shape index (κ3) is 6.09. The van der Waals surface area contributed by atoms with Crippen LogP contribution in [0.5, 0.6) is 0 Å². The predicted octanol–water partition coefficient (Wildman–Crippen LogP) is 2.36. The van der Waals surface area contributed by atoms with Gasteiger partial charge >= 0.3 is 7.82 Å². The summed E-state index contributed by atoms with van der Waals surface area (Å²) in [4.78, 5) is 29.8. The van der Waals surface area contributed by atoms with Gasteiger partial charge in [0.15, 0.2) is 0 Å². The van der Waals surface area contributed by atoms with Crippen molar-refractivity contribution in [3.8, 4) is 11.1 Å². The Hall–Kier alpha value is -2.81. The van der Waals surface area contributed by atoms with Crippen molar-refractivity contribution in [3.63, 3.8) is 0 Å². The standard InChI is InChI=1S/C20H23N4O5P/c1-20(21,14-29-30(26,27)28)19(25)23-18-9-7-16(8-10-18)17-11-22-24(13-17)12-15-5-3-2-4-6-15/h2-11,13H,12,14,21H2,1H3,(H,23,25)(H2,26,27,28)/t20-/m0/s1. The highest BCUT2D eigenvalue weighted by Crippen LogP contribution is 2.36. The molecule has 1 heterocycles. The minimum Gasteiger partial charge on any atom is -0.324 e. The second-order valence-electron chi connectivity index (χ2n) is 7.13. The molecule has 1 amide bonds. The van der Waals surface area contributed by atoms with Crippen LogP contribution in [0.15, 0.2) is 67.0 Å². The monoisotopic (exact) mass is 430 g/mol. The molecule has 3 rings (SSSR count). The lowest BCUT2D eigenvalue weighted by molar-refractivity contribution is -0.121. The summed E-state index contributed by atoms with van der Waals surface area (Å²) < 4.78 is 17.0. The maximum atomic E-state index is 12.3. The van der Waals surface area contributed by atoms with Crippen LogP contribution in [0, 0.1) is 0 Å². The van der Waals surface area contributed by atoms with E-state index in [0.29, 0.717) is 12.2 Å². The van der Waals surface area contributed by atoms with Crippen molar-refractivity contribution in [2.24, 2.45) is 5.73 Å². The molecule has 9 nitrogen and oxygen atoms in total. The number of rotatable bonds is 8. The summed E-state index contributed by atoms with van der Waals surface area (Å²) >= 11 is 0. The summed E-state index contributed by atoms with van der Waals surface area (Å²) in [6, 6.07) is 17.1. The number of phosphoric acid groups is 1. The van der Waals surface area contributed by atoms with Gasteiger partial charge in [-0.1, -0.05) is 42.5 Å². The minimum absolute atomic E-state index is 0.494. The molecule has 0 aliphatic rings. The number of phosphoric ester groups is 1. The minimum atomic E-state index is -4.71. The van der Waals surface area contributed by atoms with E-state index in [1.54, 1.807) is 18.3 Å². The molecule has 0 radical (unpaired) electrons. The van der Waals surface area contributed by atoms with Crippen LogP contribution in [0.25, 0.3) is 11.1 Å². The Bertz CT molecular complexity index is 1040. The lowest BCUT2D eigenvalue weighted by Crippen LogP contribution is -2.52. The summed E-state index contributed by atoms with van der Waals surface area (Å²) in [5.74, 6) is -0.626. The van der Waals surface area contributed by atoms with E-state index < -0.39 is 25.9 Å². The van der Waals surface area contributed by atoms with Crippen molar-refractivity contribution in [1.29, 1.82) is 0 Å². The summed E-state index contributed by atoms with van der Waals surface area (Å²) in [7, 11) is -4.71. The van der Waals surface area contributed by atoms with Gasteiger partial charge in [-0.05, 0) is 30.2 Å². The molecule has 1 aromatic heterocycles. The average molecular weight is 430 g/mol. The Morgan fingerprint density at radius 1 is 1.17 bits per heavy atom. The molecule has 0 bridgehead atoms. The largest absolute Gasteiger partial charge is 0.469 e. The summed E-state index contributed by atoms with van der Waals surface area (Å²) in [5, 5.41) is 7.00. The smallest absolute Gasteiger partial charge is 0.324 e. The molecule has 0 aliphatic carbocycles. The topological polar surface area (TPSA) is 140 Å². The fourth-order valence-electron chi connectivity index (χ4n) is 2.67. The highest BCUT2D eigenvalue weighted by molar-refractivity contribution is 7.46. The van der Waals surface area contributed by atoms with Crippen LogP contribution in [-0.2, 0) is 20.4 Å². The molecule has 2 aromatic carbocycles. The number of nitrogens with two attached hydrogens (primary N) is 1. The van der Waals surface area contributed by atoms with E-state index in [1.165, 1.54) is 6.92 Å². The molecule has 0 unspecified atom stereocenters. The first kappa shape index (κ1) is 21.9. The molecule has 5 N–H and O–H groups in total. The summed E-state index contributed by atoms with van der Waals surface area (Å²) in [6.07, 6.45) is 3.71. The molecule has 0 aliphatic heterocycles. The van der Waals surface area contributed by atoms with E-state index in [0.717, 1.165) is 16.7 Å². The predicted molar refractivity (Wildman–Crippen MR) is 112 cm³/mol. The van der Waals surface area contributed by atoms with Crippen LogP contribution >= 0.6 is 7.82 Å². The normalized spacial score (nSPS) is 13.6. The Labute approximate surface area is 173 Å². The zero-order valence-electron chi connectivity index (χ0n) is 16.3. The Morgan fingerprint density at radius 2 is 1.83 bits per heavy atom. The maximum absolute atomic E-state index is 12.3. The molecule has 1 atom stereocenters. The fourth-order valence-corrected chi connectivity index (χ4v) is 3.11. The van der Waals surface area contributed by atoms with Gasteiger partial charge < -0.3 is 20.8 Å². The van der Waals surface area contributed by atoms with E-state index in [9.17, 15) is 9.36 Å². The van der Waals surface area contributed by atoms with E-state index in [2.05, 4.69) is 14.9 Å². The van der Waals surface area contributed by atoms with Gasteiger partial charge in [0, 0.05) is 17.4 Å². The van der Waals surface area contributed by atoms with Gasteiger partial charge in [0.25, 0.3) is 0 Å². The molecule has 0 saturated heterocycles. The van der Waals surface area contributed by atoms with E-state index >= 15 is 0 Å². The molecule has 0 fully saturated rings. The number of hydrogen-bond acceptors (Lipinski definition) is 5. The number of nitrogens with zero attached hydrogens (tertiary/aromatic N) is 2. The average Bonchev–Trinajstić information content (AvgIpc) is 3.16. The Kier molecular flexibility index (Phi) is 6.50. The van der Waals surface area contributed by atoms with E-state index in [4.69, 9.17) is 15.5 Å². The number of hydrogen-bond donors (Lipinski definition) is 4. The third-order valence-corrected chi connectivity index (χ3v) is 4.81. The molecule has 30 heavy (non-hydrogen) atoms. The molecule has 10 heteroatoms. The summed E-state index contributed by atoms with van der Waals surface area (Å²) in [6.45, 7) is 1.37. The highest BCUT2D eigenvalue weighted by atomic mass is 31.2. The van der Waals surface area contributed by atoms with Crippen molar-refractivity contribution >= 4 is 19.4 Å². The van der Waals surface area contributed by atoms with Gasteiger partial charge in [0.1, 0.15) is 5.54 Å². The number of amides is 1. The van der Waals surface area contributed by atoms with E-state index in [1.807, 2.05) is 53.3 Å². The molecular weight excluding hydrogens is 407 g/mol.